The van der Waals surface area contributed by atoms with Gasteiger partial charge < -0.3 is 0 Å². The van der Waals surface area contributed by atoms with Gasteiger partial charge in [0.1, 0.15) is 6.33 Å². The van der Waals surface area contributed by atoms with Crippen LogP contribution >= 0.6 is 0 Å². The van der Waals surface area contributed by atoms with Crippen molar-refractivity contribution in [1.29, 1.82) is 0 Å². The summed E-state index contributed by atoms with van der Waals surface area (Å²) in [7, 11) is 0. The largest absolute Gasteiger partial charge is 0.335 e. The molecule has 2 aromatic carbocycles. The van der Waals surface area contributed by atoms with Gasteiger partial charge >= 0.3 is 5.69 Å². The molecule has 2 aromatic heterocycles. The highest BCUT2D eigenvalue weighted by atomic mass is 16.2. The zero-order valence-electron chi connectivity index (χ0n) is 18.6. The van der Waals surface area contributed by atoms with E-state index in [1.807, 2.05) is 55.5 Å². The molecule has 0 aliphatic rings. The van der Waals surface area contributed by atoms with Crippen LogP contribution in [0, 0.1) is 11.8 Å². The van der Waals surface area contributed by atoms with E-state index in [1.165, 1.54) is 4.57 Å². The topological polar surface area (TPSA) is 87.6 Å². The van der Waals surface area contributed by atoms with Crippen LogP contribution in [-0.2, 0) is 13.0 Å². The normalized spacial score (nSPS) is 10.6. The molecule has 0 atom stereocenters. The second kappa shape index (κ2) is 9.92. The number of nitrogens with zero attached hydrogens (tertiary/aromatic N) is 6. The molecule has 0 saturated heterocycles. The van der Waals surface area contributed by atoms with Crippen molar-refractivity contribution >= 4 is 5.91 Å². The van der Waals surface area contributed by atoms with Crippen LogP contribution in [0.3, 0.4) is 0 Å². The maximum absolute atomic E-state index is 13.0. The second-order valence-electron chi connectivity index (χ2n) is 7.57. The van der Waals surface area contributed by atoms with Gasteiger partial charge in [0.2, 0.25) is 5.91 Å². The summed E-state index contributed by atoms with van der Waals surface area (Å²) in [5.74, 6) is 5.66. The van der Waals surface area contributed by atoms with Crippen LogP contribution in [0.2, 0.25) is 0 Å². The maximum Gasteiger partial charge on any atom is 0.335 e. The Balaban J connectivity index is 1.65. The molecular formula is C25H24N6O2. The average molecular weight is 441 g/mol. The number of tetrazole rings is 1. The van der Waals surface area contributed by atoms with Gasteiger partial charge in [0, 0.05) is 18.2 Å². The minimum Gasteiger partial charge on any atom is -0.291 e. The lowest BCUT2D eigenvalue weighted by atomic mass is 10.0. The summed E-state index contributed by atoms with van der Waals surface area (Å²) in [5, 5.41) is 11.4. The van der Waals surface area contributed by atoms with Gasteiger partial charge in [-0.2, -0.15) is 4.68 Å². The molecule has 0 aliphatic carbocycles. The van der Waals surface area contributed by atoms with Crippen molar-refractivity contribution in [2.75, 3.05) is 0 Å². The summed E-state index contributed by atoms with van der Waals surface area (Å²) in [6.45, 7) is 4.04. The maximum atomic E-state index is 13.0. The molecule has 0 spiro atoms. The highest BCUT2D eigenvalue weighted by Gasteiger charge is 2.16. The van der Waals surface area contributed by atoms with E-state index in [9.17, 15) is 9.59 Å². The van der Waals surface area contributed by atoms with Crippen LogP contribution in [0.5, 0.6) is 0 Å². The Morgan fingerprint density at radius 1 is 1.09 bits per heavy atom. The van der Waals surface area contributed by atoms with E-state index in [1.54, 1.807) is 28.7 Å². The van der Waals surface area contributed by atoms with Crippen molar-refractivity contribution < 1.29 is 4.79 Å². The third-order valence-corrected chi connectivity index (χ3v) is 5.35. The fourth-order valence-corrected chi connectivity index (χ4v) is 3.69. The molecule has 0 unspecified atom stereocenters. The van der Waals surface area contributed by atoms with Crippen LogP contribution in [0.15, 0.2) is 65.8 Å². The van der Waals surface area contributed by atoms with Gasteiger partial charge in [-0.3, -0.25) is 9.36 Å². The van der Waals surface area contributed by atoms with Crippen molar-refractivity contribution in [1.82, 2.24) is 29.3 Å². The number of para-hydroxylation sites is 1. The summed E-state index contributed by atoms with van der Waals surface area (Å²) in [6.07, 6.45) is 4.62. The number of hydrogen-bond donors (Lipinski definition) is 0. The molecular weight excluding hydrogens is 416 g/mol. The first-order valence-corrected chi connectivity index (χ1v) is 10.8. The first-order valence-electron chi connectivity index (χ1n) is 10.8. The number of aromatic nitrogens is 6. The predicted molar refractivity (Wildman–Crippen MR) is 125 cm³/mol. The molecule has 0 N–H and O–H groups in total. The molecule has 0 bridgehead atoms. The zero-order chi connectivity index (χ0) is 23.2. The fraction of sp³-hybridized carbons (Fsp3) is 0.240. The Kier molecular flexibility index (Phi) is 6.60. The van der Waals surface area contributed by atoms with E-state index in [4.69, 9.17) is 0 Å². The summed E-state index contributed by atoms with van der Waals surface area (Å²) in [6, 6.07) is 15.9. The van der Waals surface area contributed by atoms with Gasteiger partial charge in [-0.15, -0.1) is 11.0 Å². The van der Waals surface area contributed by atoms with Gasteiger partial charge in [0.15, 0.2) is 0 Å². The minimum absolute atomic E-state index is 0.193. The molecule has 166 valence electrons. The molecule has 4 aromatic rings. The van der Waals surface area contributed by atoms with Gasteiger partial charge in [0.25, 0.3) is 0 Å². The number of hydrogen-bond acceptors (Lipinski definition) is 5. The van der Waals surface area contributed by atoms with Gasteiger partial charge in [-0.1, -0.05) is 55.3 Å². The fourth-order valence-electron chi connectivity index (χ4n) is 3.69. The van der Waals surface area contributed by atoms with Crippen LogP contribution in [-0.4, -0.2) is 35.2 Å². The molecule has 4 rings (SSSR count). The van der Waals surface area contributed by atoms with Crippen molar-refractivity contribution in [3.8, 4) is 28.7 Å². The molecule has 0 saturated carbocycles. The second-order valence-corrected chi connectivity index (χ2v) is 7.57. The zero-order valence-corrected chi connectivity index (χ0v) is 18.6. The standard InChI is InChI=1S/C25H24N6O2/c1-3-5-9-21-17-30(24(32)8-4-2)25(33)29(21)16-19-12-14-20(15-13-19)22-10-6-7-11-23(22)31-18-26-27-28-31/h6-7,10-15,17-18H,4,8-9,16H2,1-2H3. The van der Waals surface area contributed by atoms with Crippen molar-refractivity contribution in [2.24, 2.45) is 0 Å². The molecule has 0 aliphatic heterocycles. The highest BCUT2D eigenvalue weighted by Crippen LogP contribution is 2.26. The van der Waals surface area contributed by atoms with Gasteiger partial charge in [-0.25, -0.2) is 9.36 Å². The van der Waals surface area contributed by atoms with Crippen LogP contribution < -0.4 is 5.69 Å². The lowest BCUT2D eigenvalue weighted by Gasteiger charge is -2.10. The highest BCUT2D eigenvalue weighted by molar-refractivity contribution is 5.78. The number of benzene rings is 2. The summed E-state index contributed by atoms with van der Waals surface area (Å²) < 4.78 is 4.47. The average Bonchev–Trinajstić information content (AvgIpc) is 3.48. The third kappa shape index (κ3) is 4.67. The molecule has 8 nitrogen and oxygen atoms in total. The van der Waals surface area contributed by atoms with Crippen molar-refractivity contribution in [2.45, 2.75) is 39.7 Å². The van der Waals surface area contributed by atoms with Crippen molar-refractivity contribution in [3.05, 3.63) is 82.8 Å². The Morgan fingerprint density at radius 2 is 1.88 bits per heavy atom. The van der Waals surface area contributed by atoms with E-state index in [0.717, 1.165) is 28.1 Å². The Bertz CT molecular complexity index is 1370. The monoisotopic (exact) mass is 440 g/mol. The van der Waals surface area contributed by atoms with Gasteiger partial charge in [-0.05, 0) is 41.0 Å². The first-order chi connectivity index (χ1) is 16.1. The number of imidazole rings is 1. The van der Waals surface area contributed by atoms with E-state index >= 15 is 0 Å². The summed E-state index contributed by atoms with van der Waals surface area (Å²) in [4.78, 5) is 25.4. The van der Waals surface area contributed by atoms with E-state index < -0.39 is 0 Å². The molecule has 8 heteroatoms. The molecule has 0 radical (unpaired) electrons. The van der Waals surface area contributed by atoms with Crippen LogP contribution in [0.25, 0.3) is 16.8 Å². The quantitative estimate of drug-likeness (QED) is 0.411. The van der Waals surface area contributed by atoms with Crippen LogP contribution in [0.1, 0.15) is 42.7 Å². The first kappa shape index (κ1) is 22.0. The Morgan fingerprint density at radius 3 is 2.58 bits per heavy atom. The van der Waals surface area contributed by atoms with Gasteiger partial charge in [0.05, 0.1) is 24.3 Å². The Labute approximate surface area is 191 Å². The van der Waals surface area contributed by atoms with E-state index in [0.29, 0.717) is 25.8 Å². The lowest BCUT2D eigenvalue weighted by molar-refractivity contribution is 0.0897. The molecule has 0 amide bonds. The Hall–Kier alpha value is -4.25. The minimum atomic E-state index is -0.325. The molecule has 0 fully saturated rings. The number of carbonyl (C=O) groups excluding carboxylic acids is 1. The molecule has 33 heavy (non-hydrogen) atoms. The lowest BCUT2D eigenvalue weighted by Crippen LogP contribution is -2.29. The van der Waals surface area contributed by atoms with E-state index in [2.05, 4.69) is 27.4 Å². The number of rotatable bonds is 7. The smallest absolute Gasteiger partial charge is 0.291 e. The summed E-state index contributed by atoms with van der Waals surface area (Å²) in [5.41, 5.74) is 4.22. The molecule has 2 heterocycles. The third-order valence-electron chi connectivity index (χ3n) is 5.35. The summed E-state index contributed by atoms with van der Waals surface area (Å²) >= 11 is 0. The predicted octanol–water partition coefficient (Wildman–Crippen LogP) is 3.35. The van der Waals surface area contributed by atoms with E-state index in [-0.39, 0.29) is 11.6 Å². The van der Waals surface area contributed by atoms with Crippen molar-refractivity contribution in [3.63, 3.8) is 0 Å². The van der Waals surface area contributed by atoms with Crippen LogP contribution in [0.4, 0.5) is 0 Å². The number of carbonyl (C=O) groups is 1. The SMILES string of the molecule is CC#CCc1cn(C(=O)CCC)c(=O)n1Cc1ccc(-c2ccccc2-n2cnnn2)cc1.